The van der Waals surface area contributed by atoms with Gasteiger partial charge in [0.1, 0.15) is 0 Å². The van der Waals surface area contributed by atoms with Crippen molar-refractivity contribution in [2.75, 3.05) is 0 Å². The van der Waals surface area contributed by atoms with Crippen molar-refractivity contribution in [1.82, 2.24) is 0 Å². The molecule has 0 fully saturated rings. The lowest BCUT2D eigenvalue weighted by atomic mass is 10.3. The topological polar surface area (TPSA) is 0 Å². The van der Waals surface area contributed by atoms with Crippen LogP contribution in [0.5, 0.6) is 0 Å². The van der Waals surface area contributed by atoms with Crippen LogP contribution < -0.4 is 0 Å². The highest BCUT2D eigenvalue weighted by Gasteiger charge is 2.20. The summed E-state index contributed by atoms with van der Waals surface area (Å²) in [6, 6.07) is 0.882. The average molecular weight is 183 g/mol. The zero-order valence-corrected chi connectivity index (χ0v) is 8.55. The van der Waals surface area contributed by atoms with Gasteiger partial charge in [-0.1, -0.05) is 11.6 Å². The van der Waals surface area contributed by atoms with Crippen LogP contribution in [0.1, 0.15) is 13.8 Å². The van der Waals surface area contributed by atoms with Crippen molar-refractivity contribution < 1.29 is 0 Å². The summed E-state index contributed by atoms with van der Waals surface area (Å²) in [5.41, 5.74) is 1.29. The van der Waals surface area contributed by atoms with E-state index in [0.717, 1.165) is 6.04 Å². The standard InChI is InChI=1S/C6H12Cl2Si/c1-4-6(2)5-9(3,7)8/h4H,5H2,1-3H3/b6-4+. The number of halogens is 2. The van der Waals surface area contributed by atoms with E-state index in [4.69, 9.17) is 22.2 Å². The molecule has 0 spiro atoms. The van der Waals surface area contributed by atoms with E-state index >= 15 is 0 Å². The molecule has 0 amide bonds. The molecule has 0 nitrogen and oxygen atoms in total. The Morgan fingerprint density at radius 1 is 1.56 bits per heavy atom. The SMILES string of the molecule is C/C=C(\C)C[Si](C)(Cl)Cl. The minimum atomic E-state index is -1.87. The average Bonchev–Trinajstić information content (AvgIpc) is 1.62. The molecule has 0 radical (unpaired) electrons. The Morgan fingerprint density at radius 3 is 2.11 bits per heavy atom. The minimum Gasteiger partial charge on any atom is -0.146 e. The smallest absolute Gasteiger partial charge is 0.146 e. The molecule has 54 valence electrons. The molecule has 0 unspecified atom stereocenters. The molecule has 0 aromatic heterocycles. The molecule has 0 saturated carbocycles. The minimum absolute atomic E-state index is 0.882. The van der Waals surface area contributed by atoms with Gasteiger partial charge in [0.05, 0.1) is 0 Å². The van der Waals surface area contributed by atoms with Crippen LogP contribution >= 0.6 is 22.2 Å². The molecule has 0 atom stereocenters. The van der Waals surface area contributed by atoms with Crippen molar-refractivity contribution in [3.8, 4) is 0 Å². The molecular formula is C6H12Cl2Si. The monoisotopic (exact) mass is 182 g/mol. The van der Waals surface area contributed by atoms with E-state index in [1.807, 2.05) is 13.5 Å². The van der Waals surface area contributed by atoms with Crippen LogP contribution in [0.2, 0.25) is 12.6 Å². The molecule has 0 aromatic rings. The van der Waals surface area contributed by atoms with Gasteiger partial charge in [-0.25, -0.2) is 0 Å². The highest BCUT2D eigenvalue weighted by Crippen LogP contribution is 2.23. The largest absolute Gasteiger partial charge is 0.252 e. The zero-order chi connectivity index (χ0) is 7.49. The van der Waals surface area contributed by atoms with Crippen molar-refractivity contribution in [2.24, 2.45) is 0 Å². The zero-order valence-electron chi connectivity index (χ0n) is 6.04. The summed E-state index contributed by atoms with van der Waals surface area (Å²) in [4.78, 5) is 0. The number of hydrogen-bond acceptors (Lipinski definition) is 0. The van der Waals surface area contributed by atoms with Gasteiger partial charge in [0, 0.05) is 0 Å². The van der Waals surface area contributed by atoms with Crippen LogP contribution in [0.4, 0.5) is 0 Å². The van der Waals surface area contributed by atoms with Gasteiger partial charge in [0.25, 0.3) is 6.69 Å². The third kappa shape index (κ3) is 6.42. The van der Waals surface area contributed by atoms with Crippen LogP contribution in [0.25, 0.3) is 0 Å². The second-order valence-electron chi connectivity index (χ2n) is 2.38. The van der Waals surface area contributed by atoms with Crippen molar-refractivity contribution in [2.45, 2.75) is 26.4 Å². The maximum Gasteiger partial charge on any atom is 0.252 e. The Morgan fingerprint density at radius 2 is 2.00 bits per heavy atom. The van der Waals surface area contributed by atoms with E-state index in [0.29, 0.717) is 0 Å². The van der Waals surface area contributed by atoms with Gasteiger partial charge >= 0.3 is 0 Å². The van der Waals surface area contributed by atoms with Crippen LogP contribution in [-0.2, 0) is 0 Å². The lowest BCUT2D eigenvalue weighted by Crippen LogP contribution is -2.11. The predicted octanol–water partition coefficient (Wildman–Crippen LogP) is 3.50. The first-order valence-corrected chi connectivity index (χ1v) is 7.68. The van der Waals surface area contributed by atoms with E-state index < -0.39 is 6.69 Å². The molecule has 0 saturated heterocycles. The van der Waals surface area contributed by atoms with Gasteiger partial charge in [0.15, 0.2) is 0 Å². The van der Waals surface area contributed by atoms with Crippen molar-refractivity contribution in [3.05, 3.63) is 11.6 Å². The first-order chi connectivity index (χ1) is 3.95. The molecule has 3 heteroatoms. The van der Waals surface area contributed by atoms with E-state index in [9.17, 15) is 0 Å². The van der Waals surface area contributed by atoms with Crippen LogP contribution in [0.3, 0.4) is 0 Å². The number of hydrogen-bond donors (Lipinski definition) is 0. The second-order valence-corrected chi connectivity index (χ2v) is 10.5. The Labute approximate surface area is 67.3 Å². The third-order valence-corrected chi connectivity index (χ3v) is 3.06. The van der Waals surface area contributed by atoms with Gasteiger partial charge in [-0.3, -0.25) is 0 Å². The first kappa shape index (κ1) is 9.54. The second kappa shape index (κ2) is 3.64. The summed E-state index contributed by atoms with van der Waals surface area (Å²) in [7, 11) is 0. The third-order valence-electron chi connectivity index (χ3n) is 1.08. The molecule has 0 N–H and O–H groups in total. The fourth-order valence-electron chi connectivity index (χ4n) is 0.592. The molecule has 0 aliphatic heterocycles. The van der Waals surface area contributed by atoms with Crippen LogP contribution in [0, 0.1) is 0 Å². The summed E-state index contributed by atoms with van der Waals surface area (Å²) in [5.74, 6) is 0. The summed E-state index contributed by atoms with van der Waals surface area (Å²) in [6.45, 7) is 4.12. The van der Waals surface area contributed by atoms with Crippen molar-refractivity contribution in [3.63, 3.8) is 0 Å². The molecule has 9 heavy (non-hydrogen) atoms. The summed E-state index contributed by atoms with van der Waals surface area (Å²) < 4.78 is 0. The van der Waals surface area contributed by atoms with E-state index in [1.54, 1.807) is 0 Å². The Kier molecular flexibility index (Phi) is 3.86. The molecule has 0 bridgehead atoms. The fraction of sp³-hybridized carbons (Fsp3) is 0.667. The number of rotatable bonds is 2. The maximum absolute atomic E-state index is 5.87. The van der Waals surface area contributed by atoms with Crippen molar-refractivity contribution >= 4 is 28.9 Å². The lowest BCUT2D eigenvalue weighted by molar-refractivity contribution is 1.33. The van der Waals surface area contributed by atoms with Crippen molar-refractivity contribution in [1.29, 1.82) is 0 Å². The molecular weight excluding hydrogens is 171 g/mol. The summed E-state index contributed by atoms with van der Waals surface area (Å²) in [6.07, 6.45) is 2.05. The lowest BCUT2D eigenvalue weighted by Gasteiger charge is -2.08. The maximum atomic E-state index is 5.87. The Hall–Kier alpha value is 0.537. The van der Waals surface area contributed by atoms with Gasteiger partial charge in [0.2, 0.25) is 0 Å². The molecule has 0 aliphatic carbocycles. The fourth-order valence-corrected chi connectivity index (χ4v) is 3.04. The van der Waals surface area contributed by atoms with Crippen LogP contribution in [0.15, 0.2) is 11.6 Å². The first-order valence-electron chi connectivity index (χ1n) is 2.95. The van der Waals surface area contributed by atoms with Crippen LogP contribution in [-0.4, -0.2) is 6.69 Å². The van der Waals surface area contributed by atoms with E-state index in [1.165, 1.54) is 5.57 Å². The molecule has 0 aliphatic rings. The van der Waals surface area contributed by atoms with Gasteiger partial charge in [-0.15, -0.1) is 22.2 Å². The highest BCUT2D eigenvalue weighted by molar-refractivity contribution is 7.45. The molecule has 0 rings (SSSR count). The Bertz CT molecular complexity index is 113. The molecule has 0 aromatic carbocycles. The van der Waals surface area contributed by atoms with Gasteiger partial charge < -0.3 is 0 Å². The normalized spacial score (nSPS) is 14.1. The van der Waals surface area contributed by atoms with Gasteiger partial charge in [-0.05, 0) is 26.4 Å². The Balaban J connectivity index is 3.75. The highest BCUT2D eigenvalue weighted by atomic mass is 35.7. The molecule has 0 heterocycles. The van der Waals surface area contributed by atoms with Gasteiger partial charge in [-0.2, -0.15) is 0 Å². The predicted molar refractivity (Wildman–Crippen MR) is 47.6 cm³/mol. The summed E-state index contributed by atoms with van der Waals surface area (Å²) >= 11 is 11.7. The van der Waals surface area contributed by atoms with E-state index in [-0.39, 0.29) is 0 Å². The summed E-state index contributed by atoms with van der Waals surface area (Å²) in [5, 5.41) is 0. The van der Waals surface area contributed by atoms with E-state index in [2.05, 4.69) is 13.0 Å². The quantitative estimate of drug-likeness (QED) is 0.349. The number of allylic oxidation sites excluding steroid dienone is 2.